The summed E-state index contributed by atoms with van der Waals surface area (Å²) in [4.78, 5) is 18.2. The molecule has 0 N–H and O–H groups in total. The first-order valence-corrected chi connectivity index (χ1v) is 9.73. The van der Waals surface area contributed by atoms with Gasteiger partial charge in [-0.2, -0.15) is 0 Å². The molecule has 5 heteroatoms. The fraction of sp³-hybridized carbons (Fsp3) is 0.421. The third-order valence-electron chi connectivity index (χ3n) is 4.43. The summed E-state index contributed by atoms with van der Waals surface area (Å²) in [7, 11) is 0. The number of thiophene rings is 1. The molecule has 0 atom stereocenters. The van der Waals surface area contributed by atoms with Crippen LogP contribution in [0.15, 0.2) is 41.8 Å². The van der Waals surface area contributed by atoms with Crippen molar-refractivity contribution in [1.29, 1.82) is 0 Å². The van der Waals surface area contributed by atoms with E-state index in [0.29, 0.717) is 6.42 Å². The van der Waals surface area contributed by atoms with Crippen molar-refractivity contribution in [3.63, 3.8) is 0 Å². The van der Waals surface area contributed by atoms with E-state index in [0.717, 1.165) is 50.6 Å². The van der Waals surface area contributed by atoms with E-state index in [9.17, 15) is 4.79 Å². The Morgan fingerprint density at radius 1 is 1.08 bits per heavy atom. The van der Waals surface area contributed by atoms with Crippen LogP contribution in [0.4, 0.5) is 0 Å². The highest BCUT2D eigenvalue weighted by molar-refractivity contribution is 7.09. The molecule has 1 amide bonds. The number of amides is 1. The number of carbonyl (C=O) groups is 1. The van der Waals surface area contributed by atoms with Crippen molar-refractivity contribution in [3.05, 3.63) is 57.2 Å². The summed E-state index contributed by atoms with van der Waals surface area (Å²) in [5, 5.41) is 2.84. The molecule has 1 fully saturated rings. The molecule has 3 nitrogen and oxygen atoms in total. The Labute approximate surface area is 152 Å². The van der Waals surface area contributed by atoms with Gasteiger partial charge < -0.3 is 4.90 Å². The zero-order valence-corrected chi connectivity index (χ0v) is 15.4. The maximum absolute atomic E-state index is 12.4. The fourth-order valence-electron chi connectivity index (χ4n) is 3.07. The zero-order chi connectivity index (χ0) is 16.8. The second kappa shape index (κ2) is 8.65. The van der Waals surface area contributed by atoms with E-state index < -0.39 is 0 Å². The molecular formula is C19H23ClN2OS. The van der Waals surface area contributed by atoms with E-state index in [1.54, 1.807) is 11.3 Å². The van der Waals surface area contributed by atoms with Gasteiger partial charge in [0.05, 0.1) is 0 Å². The highest BCUT2D eigenvalue weighted by Crippen LogP contribution is 2.15. The zero-order valence-electron chi connectivity index (χ0n) is 13.8. The summed E-state index contributed by atoms with van der Waals surface area (Å²) >= 11 is 7.67. The first-order valence-electron chi connectivity index (χ1n) is 8.48. The Hall–Kier alpha value is -1.36. The van der Waals surface area contributed by atoms with Gasteiger partial charge in [-0.1, -0.05) is 29.8 Å². The van der Waals surface area contributed by atoms with Gasteiger partial charge in [0.25, 0.3) is 0 Å². The van der Waals surface area contributed by atoms with Gasteiger partial charge in [0, 0.05) is 49.0 Å². The maximum atomic E-state index is 12.4. The highest BCUT2D eigenvalue weighted by atomic mass is 35.5. The van der Waals surface area contributed by atoms with Gasteiger partial charge >= 0.3 is 0 Å². The second-order valence-corrected chi connectivity index (χ2v) is 7.68. The average Bonchev–Trinajstić information content (AvgIpc) is 3.00. The van der Waals surface area contributed by atoms with Crippen LogP contribution in [0, 0.1) is 0 Å². The molecule has 0 radical (unpaired) electrons. The summed E-state index contributed by atoms with van der Waals surface area (Å²) in [5.41, 5.74) is 1.27. The minimum absolute atomic E-state index is 0.289. The van der Waals surface area contributed by atoms with Crippen LogP contribution in [0.1, 0.15) is 23.3 Å². The maximum Gasteiger partial charge on any atom is 0.222 e. The first-order chi connectivity index (χ1) is 11.7. The van der Waals surface area contributed by atoms with Gasteiger partial charge in [-0.15, -0.1) is 11.3 Å². The number of rotatable bonds is 5. The molecule has 1 aromatic heterocycles. The van der Waals surface area contributed by atoms with Crippen LogP contribution in [0.2, 0.25) is 5.02 Å². The lowest BCUT2D eigenvalue weighted by molar-refractivity contribution is -0.131. The molecule has 128 valence electrons. The minimum Gasteiger partial charge on any atom is -0.341 e. The monoisotopic (exact) mass is 362 g/mol. The van der Waals surface area contributed by atoms with Crippen LogP contribution >= 0.6 is 22.9 Å². The molecule has 1 aromatic carbocycles. The average molecular weight is 363 g/mol. The van der Waals surface area contributed by atoms with Gasteiger partial charge in [0.1, 0.15) is 0 Å². The van der Waals surface area contributed by atoms with Gasteiger partial charge in [-0.3, -0.25) is 9.69 Å². The number of nitrogens with zero attached hydrogens (tertiary/aromatic N) is 2. The molecule has 1 aliphatic rings. The van der Waals surface area contributed by atoms with Crippen LogP contribution in [0.25, 0.3) is 0 Å². The van der Waals surface area contributed by atoms with Gasteiger partial charge in [0.15, 0.2) is 0 Å². The number of carbonyl (C=O) groups excluding carboxylic acids is 1. The van der Waals surface area contributed by atoms with E-state index in [-0.39, 0.29) is 5.91 Å². The van der Waals surface area contributed by atoms with Crippen molar-refractivity contribution >= 4 is 28.8 Å². The predicted molar refractivity (Wildman–Crippen MR) is 101 cm³/mol. The summed E-state index contributed by atoms with van der Waals surface area (Å²) in [6.45, 7) is 4.61. The lowest BCUT2D eigenvalue weighted by Gasteiger charge is -2.22. The highest BCUT2D eigenvalue weighted by Gasteiger charge is 2.19. The Balaban J connectivity index is 1.47. The summed E-state index contributed by atoms with van der Waals surface area (Å²) in [6, 6.07) is 12.2. The molecule has 0 spiro atoms. The summed E-state index contributed by atoms with van der Waals surface area (Å²) in [6.07, 6.45) is 2.53. The molecule has 24 heavy (non-hydrogen) atoms. The lowest BCUT2D eigenvalue weighted by atomic mass is 10.2. The smallest absolute Gasteiger partial charge is 0.222 e. The molecular weight excluding hydrogens is 340 g/mol. The molecule has 1 aliphatic heterocycles. The van der Waals surface area contributed by atoms with Crippen molar-refractivity contribution in [2.24, 2.45) is 0 Å². The third kappa shape index (κ3) is 5.07. The normalized spacial score (nSPS) is 16.1. The molecule has 3 rings (SSSR count). The molecule has 0 unspecified atom stereocenters. The molecule has 0 aliphatic carbocycles. The second-order valence-electron chi connectivity index (χ2n) is 6.22. The van der Waals surface area contributed by atoms with E-state index in [4.69, 9.17) is 11.6 Å². The van der Waals surface area contributed by atoms with Crippen molar-refractivity contribution in [2.75, 3.05) is 26.2 Å². The topological polar surface area (TPSA) is 23.6 Å². The molecule has 1 saturated heterocycles. The summed E-state index contributed by atoms with van der Waals surface area (Å²) in [5.74, 6) is 0.289. The third-order valence-corrected chi connectivity index (χ3v) is 5.61. The van der Waals surface area contributed by atoms with Crippen molar-refractivity contribution in [1.82, 2.24) is 9.80 Å². The standard InChI is InChI=1S/C19H23ClN2OS/c20-17-6-4-16(5-7-17)15-21-10-2-11-22(13-12-21)19(23)9-8-18-3-1-14-24-18/h1,3-7,14H,2,8-13,15H2. The Kier molecular flexibility index (Phi) is 6.30. The molecule has 0 saturated carbocycles. The van der Waals surface area contributed by atoms with Crippen LogP contribution in [0.3, 0.4) is 0 Å². The Morgan fingerprint density at radius 3 is 2.67 bits per heavy atom. The quantitative estimate of drug-likeness (QED) is 0.800. The number of aryl methyl sites for hydroxylation is 1. The lowest BCUT2D eigenvalue weighted by Crippen LogP contribution is -2.35. The van der Waals surface area contributed by atoms with Crippen LogP contribution < -0.4 is 0 Å². The summed E-state index contributed by atoms with van der Waals surface area (Å²) < 4.78 is 0. The molecule has 2 heterocycles. The van der Waals surface area contributed by atoms with E-state index in [2.05, 4.69) is 28.5 Å². The van der Waals surface area contributed by atoms with E-state index in [1.165, 1.54) is 10.4 Å². The van der Waals surface area contributed by atoms with E-state index in [1.807, 2.05) is 23.1 Å². The largest absolute Gasteiger partial charge is 0.341 e. The number of benzene rings is 1. The van der Waals surface area contributed by atoms with Crippen LogP contribution in [0.5, 0.6) is 0 Å². The number of hydrogen-bond donors (Lipinski definition) is 0. The Morgan fingerprint density at radius 2 is 1.92 bits per heavy atom. The van der Waals surface area contributed by atoms with Gasteiger partial charge in [-0.05, 0) is 42.0 Å². The van der Waals surface area contributed by atoms with Crippen LogP contribution in [-0.2, 0) is 17.8 Å². The van der Waals surface area contributed by atoms with Crippen molar-refractivity contribution in [3.8, 4) is 0 Å². The minimum atomic E-state index is 0.289. The number of halogens is 1. The fourth-order valence-corrected chi connectivity index (χ4v) is 3.90. The van der Waals surface area contributed by atoms with E-state index >= 15 is 0 Å². The van der Waals surface area contributed by atoms with Gasteiger partial charge in [-0.25, -0.2) is 0 Å². The first kappa shape index (κ1) is 17.5. The molecule has 0 bridgehead atoms. The van der Waals surface area contributed by atoms with Crippen molar-refractivity contribution < 1.29 is 4.79 Å². The predicted octanol–water partition coefficient (Wildman–Crippen LogP) is 4.07. The van der Waals surface area contributed by atoms with Crippen LogP contribution in [-0.4, -0.2) is 41.9 Å². The van der Waals surface area contributed by atoms with Crippen molar-refractivity contribution in [2.45, 2.75) is 25.8 Å². The van der Waals surface area contributed by atoms with Gasteiger partial charge in [0.2, 0.25) is 5.91 Å². The Bertz CT molecular complexity index is 642. The molecule has 2 aromatic rings. The SMILES string of the molecule is O=C(CCc1cccs1)N1CCCN(Cc2ccc(Cl)cc2)CC1. The number of hydrogen-bond acceptors (Lipinski definition) is 3.